The minimum absolute atomic E-state index is 0.275. The van der Waals surface area contributed by atoms with Crippen LogP contribution in [0, 0.1) is 5.92 Å². The molecule has 0 aliphatic carbocycles. The Hall–Kier alpha value is -0.930. The van der Waals surface area contributed by atoms with E-state index in [-0.39, 0.29) is 6.04 Å². The second kappa shape index (κ2) is 8.38. The van der Waals surface area contributed by atoms with E-state index in [4.69, 9.17) is 21.1 Å². The summed E-state index contributed by atoms with van der Waals surface area (Å²) < 4.78 is 10.7. The summed E-state index contributed by atoms with van der Waals surface area (Å²) in [6.45, 7) is 7.52. The van der Waals surface area contributed by atoms with Crippen molar-refractivity contribution in [1.82, 2.24) is 5.32 Å². The fourth-order valence-electron chi connectivity index (χ4n) is 2.61. The third-order valence-electron chi connectivity index (χ3n) is 3.55. The van der Waals surface area contributed by atoms with Crippen LogP contribution in [0.2, 0.25) is 5.02 Å². The van der Waals surface area contributed by atoms with E-state index in [2.05, 4.69) is 26.1 Å². The summed E-state index contributed by atoms with van der Waals surface area (Å²) in [5, 5.41) is 4.14. The molecule has 1 aromatic carbocycles. The lowest BCUT2D eigenvalue weighted by Gasteiger charge is -2.26. The fraction of sp³-hybridized carbons (Fsp3) is 0.625. The normalized spacial score (nSPS) is 13.9. The third kappa shape index (κ3) is 4.03. The summed E-state index contributed by atoms with van der Waals surface area (Å²) in [5.74, 6) is 1.81. The van der Waals surface area contributed by atoms with Crippen molar-refractivity contribution in [1.29, 1.82) is 0 Å². The first-order chi connectivity index (χ1) is 9.58. The topological polar surface area (TPSA) is 30.5 Å². The molecule has 0 spiro atoms. The van der Waals surface area contributed by atoms with E-state index in [0.717, 1.165) is 12.1 Å². The molecule has 4 heteroatoms. The van der Waals surface area contributed by atoms with Gasteiger partial charge in [0.25, 0.3) is 0 Å². The molecule has 0 aliphatic rings. The summed E-state index contributed by atoms with van der Waals surface area (Å²) >= 11 is 6.31. The highest BCUT2D eigenvalue weighted by atomic mass is 35.5. The van der Waals surface area contributed by atoms with Crippen molar-refractivity contribution >= 4 is 11.6 Å². The Morgan fingerprint density at radius 2 is 1.90 bits per heavy atom. The molecule has 20 heavy (non-hydrogen) atoms. The minimum Gasteiger partial charge on any atom is -0.493 e. The number of hydrogen-bond acceptors (Lipinski definition) is 3. The lowest BCUT2D eigenvalue weighted by Crippen LogP contribution is -2.27. The standard InChI is InChI=1S/C16H26ClNO2/c1-6-8-11(3)15(18-7-2)12-9-13(17)16(20-5)14(10-12)19-4/h9-11,15,18H,6-8H2,1-5H3. The molecule has 114 valence electrons. The van der Waals surface area contributed by atoms with Gasteiger partial charge < -0.3 is 14.8 Å². The summed E-state index contributed by atoms with van der Waals surface area (Å²) in [5.41, 5.74) is 1.15. The smallest absolute Gasteiger partial charge is 0.179 e. The fourth-order valence-corrected chi connectivity index (χ4v) is 2.90. The summed E-state index contributed by atoms with van der Waals surface area (Å²) in [4.78, 5) is 0. The molecule has 0 radical (unpaired) electrons. The molecule has 0 saturated carbocycles. The number of nitrogens with one attached hydrogen (secondary N) is 1. The number of benzene rings is 1. The summed E-state index contributed by atoms with van der Waals surface area (Å²) in [7, 11) is 3.24. The van der Waals surface area contributed by atoms with Gasteiger partial charge in [0, 0.05) is 6.04 Å². The quantitative estimate of drug-likeness (QED) is 0.769. The second-order valence-corrected chi connectivity index (χ2v) is 5.45. The van der Waals surface area contributed by atoms with E-state index < -0.39 is 0 Å². The van der Waals surface area contributed by atoms with Crippen LogP contribution in [-0.2, 0) is 0 Å². The van der Waals surface area contributed by atoms with Gasteiger partial charge >= 0.3 is 0 Å². The first kappa shape index (κ1) is 17.1. The molecule has 1 rings (SSSR count). The lowest BCUT2D eigenvalue weighted by atomic mass is 9.90. The van der Waals surface area contributed by atoms with Crippen LogP contribution < -0.4 is 14.8 Å². The third-order valence-corrected chi connectivity index (χ3v) is 3.83. The Morgan fingerprint density at radius 3 is 2.40 bits per heavy atom. The van der Waals surface area contributed by atoms with Crippen LogP contribution in [0.25, 0.3) is 0 Å². The summed E-state index contributed by atoms with van der Waals surface area (Å²) in [6, 6.07) is 4.27. The molecule has 0 saturated heterocycles. The van der Waals surface area contributed by atoms with Gasteiger partial charge in [-0.3, -0.25) is 0 Å². The lowest BCUT2D eigenvalue weighted by molar-refractivity contribution is 0.347. The SMILES string of the molecule is CCCC(C)C(NCC)c1cc(Cl)c(OC)c(OC)c1. The highest BCUT2D eigenvalue weighted by Gasteiger charge is 2.21. The van der Waals surface area contributed by atoms with Gasteiger partial charge in [-0.05, 0) is 36.6 Å². The predicted molar refractivity (Wildman–Crippen MR) is 85.0 cm³/mol. The number of halogens is 1. The Kier molecular flexibility index (Phi) is 7.17. The number of methoxy groups -OCH3 is 2. The van der Waals surface area contributed by atoms with Crippen LogP contribution in [0.15, 0.2) is 12.1 Å². The maximum absolute atomic E-state index is 6.31. The highest BCUT2D eigenvalue weighted by molar-refractivity contribution is 6.32. The Labute approximate surface area is 127 Å². The molecule has 0 aliphatic heterocycles. The number of ether oxygens (including phenoxy) is 2. The summed E-state index contributed by atoms with van der Waals surface area (Å²) in [6.07, 6.45) is 2.34. The average molecular weight is 300 g/mol. The molecule has 3 nitrogen and oxygen atoms in total. The maximum Gasteiger partial charge on any atom is 0.179 e. The van der Waals surface area contributed by atoms with E-state index >= 15 is 0 Å². The zero-order chi connectivity index (χ0) is 15.1. The zero-order valence-corrected chi connectivity index (χ0v) is 13.9. The number of hydrogen-bond donors (Lipinski definition) is 1. The van der Waals surface area contributed by atoms with Gasteiger partial charge in [-0.15, -0.1) is 0 Å². The highest BCUT2D eigenvalue weighted by Crippen LogP contribution is 2.39. The van der Waals surface area contributed by atoms with Crippen LogP contribution in [0.4, 0.5) is 0 Å². The first-order valence-corrected chi connectivity index (χ1v) is 7.61. The molecular formula is C16H26ClNO2. The molecule has 2 unspecified atom stereocenters. The van der Waals surface area contributed by atoms with Crippen molar-refractivity contribution in [2.45, 2.75) is 39.7 Å². The molecule has 0 heterocycles. The van der Waals surface area contributed by atoms with Crippen molar-refractivity contribution in [3.8, 4) is 11.5 Å². The Morgan fingerprint density at radius 1 is 1.20 bits per heavy atom. The van der Waals surface area contributed by atoms with Crippen LogP contribution >= 0.6 is 11.6 Å². The molecule has 1 aromatic rings. The average Bonchev–Trinajstić information content (AvgIpc) is 2.43. The van der Waals surface area contributed by atoms with Gasteiger partial charge in [-0.25, -0.2) is 0 Å². The van der Waals surface area contributed by atoms with Gasteiger partial charge in [0.05, 0.1) is 19.2 Å². The van der Waals surface area contributed by atoms with Gasteiger partial charge in [0.2, 0.25) is 0 Å². The van der Waals surface area contributed by atoms with Gasteiger partial charge in [0.1, 0.15) is 0 Å². The van der Waals surface area contributed by atoms with Crippen molar-refractivity contribution in [2.75, 3.05) is 20.8 Å². The van der Waals surface area contributed by atoms with Crippen LogP contribution in [-0.4, -0.2) is 20.8 Å². The van der Waals surface area contributed by atoms with E-state index in [9.17, 15) is 0 Å². The van der Waals surface area contributed by atoms with Crippen molar-refractivity contribution in [2.24, 2.45) is 5.92 Å². The molecule has 2 atom stereocenters. The molecule has 0 bridgehead atoms. The Balaban J connectivity index is 3.16. The van der Waals surface area contributed by atoms with Gasteiger partial charge in [-0.2, -0.15) is 0 Å². The molecule has 1 N–H and O–H groups in total. The minimum atomic E-state index is 0.275. The van der Waals surface area contributed by atoms with E-state index in [1.54, 1.807) is 14.2 Å². The predicted octanol–water partition coefficient (Wildman–Crippen LogP) is 4.44. The van der Waals surface area contributed by atoms with Crippen LogP contribution in [0.3, 0.4) is 0 Å². The first-order valence-electron chi connectivity index (χ1n) is 7.23. The monoisotopic (exact) mass is 299 g/mol. The molecule has 0 aromatic heterocycles. The maximum atomic E-state index is 6.31. The van der Waals surface area contributed by atoms with Crippen molar-refractivity contribution < 1.29 is 9.47 Å². The second-order valence-electron chi connectivity index (χ2n) is 5.04. The van der Waals surface area contributed by atoms with E-state index in [0.29, 0.717) is 22.4 Å². The van der Waals surface area contributed by atoms with Crippen molar-refractivity contribution in [3.05, 3.63) is 22.7 Å². The van der Waals surface area contributed by atoms with E-state index in [1.807, 2.05) is 12.1 Å². The van der Waals surface area contributed by atoms with Crippen molar-refractivity contribution in [3.63, 3.8) is 0 Å². The van der Waals surface area contributed by atoms with Crippen LogP contribution in [0.5, 0.6) is 11.5 Å². The molecule has 0 amide bonds. The van der Waals surface area contributed by atoms with Gasteiger partial charge in [0.15, 0.2) is 11.5 Å². The molecule has 0 fully saturated rings. The number of rotatable bonds is 8. The Bertz CT molecular complexity index is 423. The van der Waals surface area contributed by atoms with E-state index in [1.165, 1.54) is 12.8 Å². The van der Waals surface area contributed by atoms with Crippen LogP contribution in [0.1, 0.15) is 45.2 Å². The zero-order valence-electron chi connectivity index (χ0n) is 13.1. The largest absolute Gasteiger partial charge is 0.493 e. The van der Waals surface area contributed by atoms with Gasteiger partial charge in [-0.1, -0.05) is 38.8 Å². The molecular weight excluding hydrogens is 274 g/mol.